The van der Waals surface area contributed by atoms with Gasteiger partial charge in [0.15, 0.2) is 0 Å². The van der Waals surface area contributed by atoms with Gasteiger partial charge in [-0.15, -0.1) is 0 Å². The van der Waals surface area contributed by atoms with Crippen molar-refractivity contribution in [3.63, 3.8) is 0 Å². The van der Waals surface area contributed by atoms with Crippen molar-refractivity contribution in [1.82, 2.24) is 9.88 Å². The molecule has 0 spiro atoms. The molecule has 0 aromatic carbocycles. The highest BCUT2D eigenvalue weighted by molar-refractivity contribution is 8.00. The number of nitrogens with zero attached hydrogens (tertiary/aromatic N) is 3. The number of hydrogen-bond donors (Lipinski definition) is 0. The first-order valence-corrected chi connectivity index (χ1v) is 8.72. The summed E-state index contributed by atoms with van der Waals surface area (Å²) in [4.78, 5) is 32.9. The Kier molecular flexibility index (Phi) is 4.66. The number of fused-ring (bicyclic) bond motifs is 1. The molecule has 0 aliphatic carbocycles. The van der Waals surface area contributed by atoms with E-state index in [2.05, 4.69) is 4.98 Å². The van der Waals surface area contributed by atoms with E-state index in [-0.39, 0.29) is 23.5 Å². The van der Waals surface area contributed by atoms with E-state index in [1.165, 1.54) is 24.6 Å². The Hall–Kier alpha value is -1.56. The summed E-state index contributed by atoms with van der Waals surface area (Å²) in [7, 11) is 1.76. The molecule has 5 nitrogen and oxygen atoms in total. The first kappa shape index (κ1) is 15.3. The molecule has 0 bridgehead atoms. The molecule has 6 heteroatoms. The van der Waals surface area contributed by atoms with Gasteiger partial charge in [0.2, 0.25) is 11.8 Å². The second kappa shape index (κ2) is 6.69. The Morgan fingerprint density at radius 1 is 1.32 bits per heavy atom. The van der Waals surface area contributed by atoms with Crippen LogP contribution < -0.4 is 4.90 Å². The van der Waals surface area contributed by atoms with E-state index in [1.54, 1.807) is 18.1 Å². The van der Waals surface area contributed by atoms with Crippen molar-refractivity contribution in [2.75, 3.05) is 25.0 Å². The van der Waals surface area contributed by atoms with Crippen molar-refractivity contribution in [2.45, 2.75) is 42.4 Å². The molecule has 0 saturated carbocycles. The number of pyridine rings is 1. The number of carbonyl (C=O) groups is 2. The largest absolute Gasteiger partial charge is 0.343 e. The second-order valence-electron chi connectivity index (χ2n) is 5.83. The molecule has 2 aliphatic heterocycles. The molecule has 2 amide bonds. The smallest absolute Gasteiger partial charge is 0.240 e. The lowest BCUT2D eigenvalue weighted by Gasteiger charge is -2.31. The van der Waals surface area contributed by atoms with Gasteiger partial charge >= 0.3 is 0 Å². The van der Waals surface area contributed by atoms with Gasteiger partial charge in [0.25, 0.3) is 0 Å². The molecule has 1 fully saturated rings. The predicted octanol–water partition coefficient (Wildman–Crippen LogP) is 2.31. The standard InChI is InChI=1S/C16H21N3O2S/c1-18-12-7-6-8-17-15(12)22-13(16(18)21)11-14(20)19-9-4-2-3-5-10-19/h6-8,13H,2-5,9-11H2,1H3. The summed E-state index contributed by atoms with van der Waals surface area (Å²) in [5.41, 5.74) is 0.830. The maximum atomic E-state index is 12.5. The number of carbonyl (C=O) groups excluding carboxylic acids is 2. The Morgan fingerprint density at radius 2 is 2.05 bits per heavy atom. The number of thioether (sulfide) groups is 1. The van der Waals surface area contributed by atoms with Crippen LogP contribution in [0.1, 0.15) is 32.1 Å². The summed E-state index contributed by atoms with van der Waals surface area (Å²) in [5.74, 6) is 0.0919. The molecular formula is C16H21N3O2S. The Morgan fingerprint density at radius 3 is 2.77 bits per heavy atom. The normalized spacial score (nSPS) is 22.2. The van der Waals surface area contributed by atoms with Gasteiger partial charge in [-0.25, -0.2) is 4.98 Å². The maximum absolute atomic E-state index is 12.5. The lowest BCUT2D eigenvalue weighted by molar-refractivity contribution is -0.132. The fraction of sp³-hybridized carbons (Fsp3) is 0.562. The third-order valence-corrected chi connectivity index (χ3v) is 5.48. The van der Waals surface area contributed by atoms with Gasteiger partial charge in [-0.1, -0.05) is 24.6 Å². The molecule has 3 heterocycles. The van der Waals surface area contributed by atoms with Crippen LogP contribution >= 0.6 is 11.8 Å². The van der Waals surface area contributed by atoms with Crippen LogP contribution in [-0.4, -0.2) is 47.1 Å². The lowest BCUT2D eigenvalue weighted by Crippen LogP contribution is -2.42. The summed E-state index contributed by atoms with van der Waals surface area (Å²) in [6.45, 7) is 1.66. The first-order chi connectivity index (χ1) is 10.7. The monoisotopic (exact) mass is 319 g/mol. The van der Waals surface area contributed by atoms with E-state index in [0.717, 1.165) is 36.6 Å². The number of aromatic nitrogens is 1. The Bertz CT molecular complexity index is 570. The number of likely N-dealkylation sites (tertiary alicyclic amines) is 1. The number of amides is 2. The minimum Gasteiger partial charge on any atom is -0.343 e. The van der Waals surface area contributed by atoms with E-state index in [1.807, 2.05) is 17.0 Å². The fourth-order valence-corrected chi connectivity index (χ4v) is 4.19. The third kappa shape index (κ3) is 3.11. The SMILES string of the molecule is CN1C(=O)C(CC(=O)N2CCCCCC2)Sc2ncccc21. The molecular weight excluding hydrogens is 298 g/mol. The maximum Gasteiger partial charge on any atom is 0.240 e. The van der Waals surface area contributed by atoms with Crippen LogP contribution in [0, 0.1) is 0 Å². The summed E-state index contributed by atoms with van der Waals surface area (Å²) in [5, 5.41) is 0.474. The quantitative estimate of drug-likeness (QED) is 0.839. The van der Waals surface area contributed by atoms with E-state index < -0.39 is 0 Å². The van der Waals surface area contributed by atoms with Gasteiger partial charge in [-0.3, -0.25) is 9.59 Å². The summed E-state index contributed by atoms with van der Waals surface area (Å²) in [6, 6.07) is 3.71. The van der Waals surface area contributed by atoms with Crippen LogP contribution in [0.25, 0.3) is 0 Å². The highest BCUT2D eigenvalue weighted by Gasteiger charge is 2.34. The Balaban J connectivity index is 1.70. The molecule has 1 aromatic rings. The first-order valence-electron chi connectivity index (χ1n) is 7.84. The van der Waals surface area contributed by atoms with E-state index in [9.17, 15) is 9.59 Å². The average Bonchev–Trinajstić information content (AvgIpc) is 2.81. The predicted molar refractivity (Wildman–Crippen MR) is 87.0 cm³/mol. The topological polar surface area (TPSA) is 53.5 Å². The van der Waals surface area contributed by atoms with Crippen molar-refractivity contribution in [2.24, 2.45) is 0 Å². The molecule has 118 valence electrons. The molecule has 0 N–H and O–H groups in total. The Labute approximate surface area is 135 Å². The highest BCUT2D eigenvalue weighted by Crippen LogP contribution is 2.38. The molecule has 1 atom stereocenters. The molecule has 22 heavy (non-hydrogen) atoms. The zero-order chi connectivity index (χ0) is 15.5. The van der Waals surface area contributed by atoms with Crippen LogP contribution in [0.4, 0.5) is 5.69 Å². The van der Waals surface area contributed by atoms with E-state index >= 15 is 0 Å². The molecule has 1 saturated heterocycles. The van der Waals surface area contributed by atoms with Crippen molar-refractivity contribution in [3.8, 4) is 0 Å². The number of hydrogen-bond acceptors (Lipinski definition) is 4. The van der Waals surface area contributed by atoms with Gasteiger partial charge in [0.05, 0.1) is 10.9 Å². The second-order valence-corrected chi connectivity index (χ2v) is 7.02. The van der Waals surface area contributed by atoms with Gasteiger partial charge in [0.1, 0.15) is 5.03 Å². The van der Waals surface area contributed by atoms with Crippen LogP contribution in [0.15, 0.2) is 23.4 Å². The van der Waals surface area contributed by atoms with E-state index in [0.29, 0.717) is 0 Å². The van der Waals surface area contributed by atoms with Gasteiger partial charge in [-0.05, 0) is 25.0 Å². The van der Waals surface area contributed by atoms with Crippen LogP contribution in [0.2, 0.25) is 0 Å². The summed E-state index contributed by atoms with van der Waals surface area (Å²) < 4.78 is 0. The van der Waals surface area contributed by atoms with Gasteiger partial charge < -0.3 is 9.80 Å². The van der Waals surface area contributed by atoms with Gasteiger partial charge in [-0.2, -0.15) is 0 Å². The number of anilines is 1. The van der Waals surface area contributed by atoms with Crippen molar-refractivity contribution < 1.29 is 9.59 Å². The molecule has 3 rings (SSSR count). The van der Waals surface area contributed by atoms with E-state index in [4.69, 9.17) is 0 Å². The minimum atomic E-state index is -0.358. The summed E-state index contributed by atoms with van der Waals surface area (Å²) in [6.07, 6.45) is 6.53. The summed E-state index contributed by atoms with van der Waals surface area (Å²) >= 11 is 1.42. The molecule has 1 unspecified atom stereocenters. The van der Waals surface area contributed by atoms with Crippen LogP contribution in [-0.2, 0) is 9.59 Å². The molecule has 2 aliphatic rings. The van der Waals surface area contributed by atoms with Crippen LogP contribution in [0.5, 0.6) is 0 Å². The zero-order valence-corrected chi connectivity index (χ0v) is 13.6. The average molecular weight is 319 g/mol. The van der Waals surface area contributed by atoms with Crippen molar-refractivity contribution >= 4 is 29.3 Å². The number of rotatable bonds is 2. The minimum absolute atomic E-state index is 0.00586. The zero-order valence-electron chi connectivity index (χ0n) is 12.8. The van der Waals surface area contributed by atoms with Gasteiger partial charge in [0, 0.05) is 32.8 Å². The highest BCUT2D eigenvalue weighted by atomic mass is 32.2. The van der Waals surface area contributed by atoms with Crippen molar-refractivity contribution in [1.29, 1.82) is 0 Å². The van der Waals surface area contributed by atoms with Crippen molar-refractivity contribution in [3.05, 3.63) is 18.3 Å². The third-order valence-electron chi connectivity index (χ3n) is 4.29. The fourth-order valence-electron chi connectivity index (χ4n) is 2.99. The molecule has 1 aromatic heterocycles. The van der Waals surface area contributed by atoms with Crippen LogP contribution in [0.3, 0.4) is 0 Å². The molecule has 0 radical (unpaired) electrons. The lowest BCUT2D eigenvalue weighted by atomic mass is 10.2.